The number of dihydropyridines is 1. The number of allylic oxidation sites excluding steroid dienone is 3. The van der Waals surface area contributed by atoms with Crippen LogP contribution in [0.4, 0.5) is 0 Å². The van der Waals surface area contributed by atoms with Crippen LogP contribution in [-0.2, 0) is 14.3 Å². The molecule has 36 heavy (non-hydrogen) atoms. The number of Topliss-reactive ketones (excluding diaryl/α,β-unsaturated/α-hetero) is 1. The highest BCUT2D eigenvalue weighted by Gasteiger charge is 2.41. The molecule has 0 spiro atoms. The number of esters is 1. The van der Waals surface area contributed by atoms with Crippen LogP contribution in [0.2, 0.25) is 0 Å². The van der Waals surface area contributed by atoms with Crippen LogP contribution in [0.1, 0.15) is 56.6 Å². The third kappa shape index (κ3) is 5.03. The van der Waals surface area contributed by atoms with E-state index >= 15 is 0 Å². The van der Waals surface area contributed by atoms with Gasteiger partial charge in [-0.05, 0) is 74.8 Å². The number of carbonyl (C=O) groups is 2. The summed E-state index contributed by atoms with van der Waals surface area (Å²) in [5.74, 6) is 0.447. The smallest absolute Gasteiger partial charge is 0.337 e. The van der Waals surface area contributed by atoms with Gasteiger partial charge in [0.2, 0.25) is 0 Å². The molecule has 6 nitrogen and oxygen atoms in total. The topological polar surface area (TPSA) is 73.9 Å². The van der Waals surface area contributed by atoms with E-state index in [1.165, 1.54) is 0 Å². The van der Waals surface area contributed by atoms with Crippen LogP contribution < -0.4 is 14.8 Å². The summed E-state index contributed by atoms with van der Waals surface area (Å²) >= 11 is 1.65. The molecular weight excluding hydrogens is 474 g/mol. The summed E-state index contributed by atoms with van der Waals surface area (Å²) in [6, 6.07) is 13.9. The Balaban J connectivity index is 1.77. The summed E-state index contributed by atoms with van der Waals surface area (Å²) in [7, 11) is 3.21. The molecule has 2 unspecified atom stereocenters. The minimum Gasteiger partial charge on any atom is -0.493 e. The number of methoxy groups -OCH3 is 2. The van der Waals surface area contributed by atoms with E-state index in [0.717, 1.165) is 27.4 Å². The van der Waals surface area contributed by atoms with E-state index in [-0.39, 0.29) is 17.8 Å². The van der Waals surface area contributed by atoms with Gasteiger partial charge in [0, 0.05) is 34.2 Å². The van der Waals surface area contributed by atoms with Gasteiger partial charge in [0.1, 0.15) is 0 Å². The molecule has 1 aliphatic heterocycles. The summed E-state index contributed by atoms with van der Waals surface area (Å²) < 4.78 is 16.5. The first-order valence-corrected chi connectivity index (χ1v) is 13.3. The molecule has 7 heteroatoms. The zero-order valence-corrected chi connectivity index (χ0v) is 22.5. The summed E-state index contributed by atoms with van der Waals surface area (Å²) in [6.45, 7) is 5.54. The van der Waals surface area contributed by atoms with Crippen molar-refractivity contribution in [2.45, 2.75) is 56.4 Å². The molecule has 2 atom stereocenters. The second-order valence-corrected chi connectivity index (χ2v) is 10.2. The number of carbonyl (C=O) groups excluding carboxylic acids is 2. The van der Waals surface area contributed by atoms with Crippen molar-refractivity contribution in [3.63, 3.8) is 0 Å². The molecule has 2 aromatic rings. The van der Waals surface area contributed by atoms with Crippen molar-refractivity contribution in [2.75, 3.05) is 20.5 Å². The van der Waals surface area contributed by atoms with Crippen molar-refractivity contribution < 1.29 is 23.8 Å². The Morgan fingerprint density at radius 3 is 2.28 bits per heavy atom. The summed E-state index contributed by atoms with van der Waals surface area (Å²) in [5.41, 5.74) is 4.67. The van der Waals surface area contributed by atoms with Gasteiger partial charge in [0.15, 0.2) is 17.3 Å². The van der Waals surface area contributed by atoms with Crippen LogP contribution in [-0.4, -0.2) is 38.3 Å². The molecular formula is C29H33NO5S. The fourth-order valence-electron chi connectivity index (χ4n) is 5.06. The highest BCUT2D eigenvalue weighted by Crippen LogP contribution is 2.46. The van der Waals surface area contributed by atoms with E-state index < -0.39 is 11.9 Å². The van der Waals surface area contributed by atoms with Gasteiger partial charge in [0.25, 0.3) is 0 Å². The predicted octanol–water partition coefficient (Wildman–Crippen LogP) is 5.74. The highest BCUT2D eigenvalue weighted by atomic mass is 32.2. The second-order valence-electron chi connectivity index (χ2n) is 9.36. The van der Waals surface area contributed by atoms with E-state index in [9.17, 15) is 9.59 Å². The Hall–Kier alpha value is -3.19. The maximum Gasteiger partial charge on any atom is 0.337 e. The molecule has 0 amide bonds. The third-order valence-corrected chi connectivity index (χ3v) is 7.46. The minimum absolute atomic E-state index is 0.0139. The van der Waals surface area contributed by atoms with Gasteiger partial charge >= 0.3 is 5.97 Å². The Labute approximate surface area is 217 Å². The summed E-state index contributed by atoms with van der Waals surface area (Å²) in [4.78, 5) is 28.1. The number of hydrogen-bond acceptors (Lipinski definition) is 7. The Bertz CT molecular complexity index is 1230. The van der Waals surface area contributed by atoms with Crippen molar-refractivity contribution in [3.8, 4) is 11.5 Å². The number of thioether (sulfide) groups is 1. The van der Waals surface area contributed by atoms with Crippen LogP contribution in [0.3, 0.4) is 0 Å². The molecule has 0 fully saturated rings. The highest BCUT2D eigenvalue weighted by molar-refractivity contribution is 7.98. The molecule has 0 aromatic heterocycles. The van der Waals surface area contributed by atoms with E-state index in [2.05, 4.69) is 5.32 Å². The lowest BCUT2D eigenvalue weighted by atomic mass is 9.71. The van der Waals surface area contributed by atoms with Crippen LogP contribution in [0.25, 0.3) is 0 Å². The quantitative estimate of drug-likeness (QED) is 0.378. The lowest BCUT2D eigenvalue weighted by molar-refractivity contribution is -0.143. The molecule has 1 N–H and O–H groups in total. The summed E-state index contributed by atoms with van der Waals surface area (Å²) in [5, 5.41) is 3.40. The maximum absolute atomic E-state index is 13.8. The molecule has 4 rings (SSSR count). The molecule has 0 saturated carbocycles. The first kappa shape index (κ1) is 25.9. The molecule has 2 aliphatic rings. The Morgan fingerprint density at radius 1 is 1.00 bits per heavy atom. The van der Waals surface area contributed by atoms with Gasteiger partial charge in [-0.15, -0.1) is 11.8 Å². The van der Waals surface area contributed by atoms with Crippen molar-refractivity contribution in [1.82, 2.24) is 5.32 Å². The number of hydrogen-bond donors (Lipinski definition) is 1. The molecule has 0 bridgehead atoms. The van der Waals surface area contributed by atoms with Crippen molar-refractivity contribution in [2.24, 2.45) is 0 Å². The van der Waals surface area contributed by atoms with E-state index in [0.29, 0.717) is 35.5 Å². The molecule has 2 aromatic carbocycles. The average molecular weight is 508 g/mol. The zero-order chi connectivity index (χ0) is 26.0. The van der Waals surface area contributed by atoms with Crippen LogP contribution in [0, 0.1) is 0 Å². The monoisotopic (exact) mass is 507 g/mol. The van der Waals surface area contributed by atoms with Gasteiger partial charge in [0.05, 0.1) is 25.9 Å². The number of ketones is 1. The Morgan fingerprint density at radius 2 is 1.67 bits per heavy atom. The van der Waals surface area contributed by atoms with Gasteiger partial charge in [-0.3, -0.25) is 4.79 Å². The lowest BCUT2D eigenvalue weighted by Crippen LogP contribution is -2.36. The SMILES string of the molecule is COc1ccc(C2CC(=O)C3=C(C2)NC(C)=C(C(=O)OC(C)C)C3c2ccc(SC)cc2)cc1OC. The van der Waals surface area contributed by atoms with E-state index in [4.69, 9.17) is 14.2 Å². The third-order valence-electron chi connectivity index (χ3n) is 6.72. The van der Waals surface area contributed by atoms with Crippen molar-refractivity contribution in [3.05, 3.63) is 76.1 Å². The summed E-state index contributed by atoms with van der Waals surface area (Å²) in [6.07, 6.45) is 2.76. The second kappa shape index (κ2) is 10.8. The number of benzene rings is 2. The average Bonchev–Trinajstić information content (AvgIpc) is 2.86. The van der Waals surface area contributed by atoms with E-state index in [1.807, 2.05) is 69.5 Å². The first-order chi connectivity index (χ1) is 17.3. The first-order valence-electron chi connectivity index (χ1n) is 12.1. The van der Waals surface area contributed by atoms with Gasteiger partial charge in [-0.25, -0.2) is 4.79 Å². The molecule has 190 valence electrons. The largest absolute Gasteiger partial charge is 0.493 e. The number of rotatable bonds is 7. The number of ether oxygens (including phenoxy) is 3. The van der Waals surface area contributed by atoms with Crippen molar-refractivity contribution in [1.29, 1.82) is 0 Å². The zero-order valence-electron chi connectivity index (χ0n) is 21.6. The fraction of sp³-hybridized carbons (Fsp3) is 0.379. The predicted molar refractivity (Wildman–Crippen MR) is 142 cm³/mol. The van der Waals surface area contributed by atoms with Gasteiger partial charge in [-0.1, -0.05) is 18.2 Å². The number of nitrogens with one attached hydrogen (secondary N) is 1. The lowest BCUT2D eigenvalue weighted by Gasteiger charge is -2.37. The van der Waals surface area contributed by atoms with Gasteiger partial charge < -0.3 is 19.5 Å². The van der Waals surface area contributed by atoms with Gasteiger partial charge in [-0.2, -0.15) is 0 Å². The molecule has 0 saturated heterocycles. The standard InChI is InChI=1S/C29H33NO5S/c1-16(2)35-29(32)26-17(3)30-22-13-20(19-9-12-24(33-4)25(15-19)34-5)14-23(31)28(22)27(26)18-7-10-21(36-6)11-8-18/h7-12,15-16,20,27,30H,13-14H2,1-6H3. The van der Waals surface area contributed by atoms with Crippen LogP contribution in [0.5, 0.6) is 11.5 Å². The molecule has 1 aliphatic carbocycles. The normalized spacial score (nSPS) is 19.7. The molecule has 0 radical (unpaired) electrons. The van der Waals surface area contributed by atoms with Crippen molar-refractivity contribution >= 4 is 23.5 Å². The van der Waals surface area contributed by atoms with Crippen LogP contribution in [0.15, 0.2) is 69.9 Å². The maximum atomic E-state index is 13.8. The molecule has 1 heterocycles. The Kier molecular flexibility index (Phi) is 7.79. The minimum atomic E-state index is -0.470. The fourth-order valence-corrected chi connectivity index (χ4v) is 5.47. The van der Waals surface area contributed by atoms with Crippen LogP contribution >= 0.6 is 11.8 Å². The van der Waals surface area contributed by atoms with E-state index in [1.54, 1.807) is 26.0 Å².